The molecule has 2 N–H and O–H groups in total. The number of aliphatic hydroxyl groups excluding tert-OH is 1. The van der Waals surface area contributed by atoms with Gasteiger partial charge in [0, 0.05) is 6.42 Å². The number of carbonyl (C=O) groups is 1. The molecule has 0 saturated carbocycles. The SMILES string of the molecule is CC/C=C\C/C=C\C/C=C\C/C=C\C/C=C\C/C=C\CCCCCCCCCCCCCCCCCCCCCCCCC(=O)NC(COP(=O)([O-])OCC[N+](C)(C)C)C(O)/C=C/CC/C=C/CCCCCCCCCCCCCCC. The van der Waals surface area contributed by atoms with E-state index in [4.69, 9.17) is 9.05 Å². The zero-order chi connectivity index (χ0) is 59.8. The summed E-state index contributed by atoms with van der Waals surface area (Å²) in [6, 6.07) is -0.906. The Morgan fingerprint density at radius 1 is 0.439 bits per heavy atom. The molecule has 0 heterocycles. The van der Waals surface area contributed by atoms with Crippen LogP contribution in [0.3, 0.4) is 0 Å². The topological polar surface area (TPSA) is 108 Å². The average molecular weight is 1170 g/mol. The van der Waals surface area contributed by atoms with Gasteiger partial charge in [-0.3, -0.25) is 9.36 Å². The highest BCUT2D eigenvalue weighted by molar-refractivity contribution is 7.45. The molecule has 9 heteroatoms. The molecule has 3 atom stereocenters. The van der Waals surface area contributed by atoms with E-state index in [0.29, 0.717) is 17.4 Å². The number of likely N-dealkylation sites (N-methyl/N-ethyl adjacent to an activating group) is 1. The number of phosphoric acid groups is 1. The zero-order valence-electron chi connectivity index (χ0n) is 54.4. The van der Waals surface area contributed by atoms with Crippen LogP contribution in [0, 0.1) is 0 Å². The quantitative estimate of drug-likeness (QED) is 0.0272. The van der Waals surface area contributed by atoms with Crippen molar-refractivity contribution in [3.05, 3.63) is 97.2 Å². The highest BCUT2D eigenvalue weighted by atomic mass is 31.2. The first-order chi connectivity index (χ1) is 40.0. The van der Waals surface area contributed by atoms with Crippen LogP contribution in [-0.2, 0) is 18.4 Å². The number of aliphatic hydroxyl groups is 1. The molecule has 3 unspecified atom stereocenters. The number of phosphoric ester groups is 1. The zero-order valence-corrected chi connectivity index (χ0v) is 55.3. The van der Waals surface area contributed by atoms with Crippen LogP contribution in [0.2, 0.25) is 0 Å². The third-order valence-electron chi connectivity index (χ3n) is 15.3. The van der Waals surface area contributed by atoms with Gasteiger partial charge in [-0.25, -0.2) is 0 Å². The Labute approximate surface area is 509 Å². The minimum absolute atomic E-state index is 0.00728. The number of hydrogen-bond donors (Lipinski definition) is 2. The van der Waals surface area contributed by atoms with E-state index in [9.17, 15) is 19.4 Å². The number of nitrogens with one attached hydrogen (secondary N) is 1. The number of hydrogen-bond acceptors (Lipinski definition) is 6. The second-order valence-corrected chi connectivity index (χ2v) is 25.9. The number of carbonyl (C=O) groups excluding carboxylic acids is 1. The number of unbranched alkanes of at least 4 members (excludes halogenated alkanes) is 36. The number of quaternary nitrogens is 1. The van der Waals surface area contributed by atoms with E-state index in [1.807, 2.05) is 27.2 Å². The van der Waals surface area contributed by atoms with Gasteiger partial charge >= 0.3 is 0 Å². The lowest BCUT2D eigenvalue weighted by Crippen LogP contribution is -2.45. The maximum atomic E-state index is 13.0. The summed E-state index contributed by atoms with van der Waals surface area (Å²) in [4.78, 5) is 25.6. The molecule has 0 aromatic rings. The molecule has 0 fully saturated rings. The fourth-order valence-corrected chi connectivity index (χ4v) is 10.7. The first kappa shape index (κ1) is 79.4. The Balaban J connectivity index is 3.98. The molecule has 8 nitrogen and oxygen atoms in total. The standard InChI is InChI=1S/C73H133N2O6P/c1-6-8-10-12-14-16-18-20-22-24-26-27-28-29-30-31-32-33-34-35-36-37-38-39-40-41-42-43-44-45-46-47-49-51-53-55-57-59-61-63-65-67-73(77)74-71(70-81-82(78,79)80-69-68-75(3,4)5)72(76)66-64-62-60-58-56-54-52-50-48-25-23-21-19-17-15-13-11-9-7-2/h8,10,14,16,20,22,26-27,29-30,32-33,56,58,64,66,71-72,76H,6-7,9,11-13,15,17-19,21,23-25,28,31,34-55,57,59-63,65,67-70H2,1-5H3,(H-,74,77,78,79)/b10-8-,16-14-,22-20-,27-26-,30-29-,33-32-,58-56+,66-64+. The van der Waals surface area contributed by atoms with Crippen molar-refractivity contribution in [3.8, 4) is 0 Å². The normalized spacial score (nSPS) is 14.3. The van der Waals surface area contributed by atoms with Gasteiger partial charge in [0.2, 0.25) is 5.91 Å². The van der Waals surface area contributed by atoms with Crippen LogP contribution in [0.4, 0.5) is 0 Å². The molecule has 0 spiro atoms. The third kappa shape index (κ3) is 65.0. The Kier molecular flexibility index (Phi) is 61.0. The molecule has 1 amide bonds. The van der Waals surface area contributed by atoms with Crippen molar-refractivity contribution in [2.24, 2.45) is 0 Å². The highest BCUT2D eigenvalue weighted by Crippen LogP contribution is 2.38. The lowest BCUT2D eigenvalue weighted by Gasteiger charge is -2.29. The third-order valence-corrected chi connectivity index (χ3v) is 16.2. The lowest BCUT2D eigenvalue weighted by molar-refractivity contribution is -0.870. The molecule has 0 aliphatic rings. The van der Waals surface area contributed by atoms with Gasteiger partial charge < -0.3 is 28.8 Å². The van der Waals surface area contributed by atoms with E-state index in [0.717, 1.165) is 77.0 Å². The van der Waals surface area contributed by atoms with E-state index in [1.54, 1.807) is 6.08 Å². The average Bonchev–Trinajstić information content (AvgIpc) is 3.47. The van der Waals surface area contributed by atoms with Crippen molar-refractivity contribution in [1.82, 2.24) is 5.32 Å². The fourth-order valence-electron chi connectivity index (χ4n) is 9.94. The van der Waals surface area contributed by atoms with Crippen molar-refractivity contribution in [3.63, 3.8) is 0 Å². The maximum absolute atomic E-state index is 13.0. The summed E-state index contributed by atoms with van der Waals surface area (Å²) < 4.78 is 23.4. The van der Waals surface area contributed by atoms with E-state index < -0.39 is 26.6 Å². The molecular weight excluding hydrogens is 1030 g/mol. The molecule has 0 aliphatic carbocycles. The molecule has 0 aliphatic heterocycles. The largest absolute Gasteiger partial charge is 0.756 e. The summed E-state index contributed by atoms with van der Waals surface area (Å²) in [5.74, 6) is -0.204. The van der Waals surface area contributed by atoms with E-state index in [1.165, 1.54) is 212 Å². The molecule has 82 heavy (non-hydrogen) atoms. The van der Waals surface area contributed by atoms with Gasteiger partial charge in [0.25, 0.3) is 7.82 Å². The van der Waals surface area contributed by atoms with E-state index in [2.05, 4.69) is 104 Å². The van der Waals surface area contributed by atoms with Crippen LogP contribution in [-0.4, -0.2) is 68.5 Å². The van der Waals surface area contributed by atoms with Crippen LogP contribution in [0.1, 0.15) is 309 Å². The Bertz CT molecular complexity index is 1660. The summed E-state index contributed by atoms with van der Waals surface area (Å²) in [7, 11) is 1.25. The fraction of sp³-hybridized carbons (Fsp3) is 0.767. The van der Waals surface area contributed by atoms with Gasteiger partial charge in [-0.05, 0) is 83.5 Å². The summed E-state index contributed by atoms with van der Waals surface area (Å²) >= 11 is 0. The number of nitrogens with zero attached hydrogens (tertiary/aromatic N) is 1. The summed E-state index contributed by atoms with van der Waals surface area (Å²) in [5, 5.41) is 13.9. The molecule has 0 radical (unpaired) electrons. The molecule has 0 aromatic heterocycles. The molecule has 0 aromatic carbocycles. The number of rotatable bonds is 63. The van der Waals surface area contributed by atoms with Gasteiger partial charge in [0.15, 0.2) is 0 Å². The predicted octanol–water partition coefficient (Wildman–Crippen LogP) is 21.5. The Morgan fingerprint density at radius 3 is 1.13 bits per heavy atom. The number of amides is 1. The summed E-state index contributed by atoms with van der Waals surface area (Å²) in [5.41, 5.74) is 0. The van der Waals surface area contributed by atoms with Crippen molar-refractivity contribution in [2.75, 3.05) is 40.9 Å². The van der Waals surface area contributed by atoms with Crippen LogP contribution in [0.5, 0.6) is 0 Å². The monoisotopic (exact) mass is 1160 g/mol. The predicted molar refractivity (Wildman–Crippen MR) is 357 cm³/mol. The maximum Gasteiger partial charge on any atom is 0.268 e. The van der Waals surface area contributed by atoms with Gasteiger partial charge in [-0.15, -0.1) is 0 Å². The smallest absolute Gasteiger partial charge is 0.268 e. The highest BCUT2D eigenvalue weighted by Gasteiger charge is 2.23. The minimum atomic E-state index is -4.61. The Morgan fingerprint density at radius 2 is 0.756 bits per heavy atom. The molecule has 0 bridgehead atoms. The Hall–Kier alpha value is -2.58. The van der Waals surface area contributed by atoms with Crippen molar-refractivity contribution < 1.29 is 32.9 Å². The minimum Gasteiger partial charge on any atom is -0.756 e. The molecule has 476 valence electrons. The van der Waals surface area contributed by atoms with Crippen LogP contribution >= 0.6 is 7.82 Å². The van der Waals surface area contributed by atoms with Crippen molar-refractivity contribution >= 4 is 13.7 Å². The molecule has 0 rings (SSSR count). The van der Waals surface area contributed by atoms with Crippen LogP contribution in [0.25, 0.3) is 0 Å². The summed E-state index contributed by atoms with van der Waals surface area (Å²) in [6.45, 7) is 4.54. The van der Waals surface area contributed by atoms with Gasteiger partial charge in [-0.1, -0.05) is 317 Å². The van der Waals surface area contributed by atoms with Gasteiger partial charge in [0.1, 0.15) is 13.2 Å². The first-order valence-corrected chi connectivity index (χ1v) is 36.1. The van der Waals surface area contributed by atoms with Gasteiger partial charge in [-0.2, -0.15) is 0 Å². The van der Waals surface area contributed by atoms with Crippen molar-refractivity contribution in [2.45, 2.75) is 321 Å². The lowest BCUT2D eigenvalue weighted by atomic mass is 10.0. The van der Waals surface area contributed by atoms with Crippen molar-refractivity contribution in [1.29, 1.82) is 0 Å². The van der Waals surface area contributed by atoms with E-state index in [-0.39, 0.29) is 12.5 Å². The van der Waals surface area contributed by atoms with Crippen LogP contribution in [0.15, 0.2) is 97.2 Å². The summed E-state index contributed by atoms with van der Waals surface area (Å²) in [6.07, 6.45) is 91.1. The molecule has 0 saturated heterocycles. The van der Waals surface area contributed by atoms with E-state index >= 15 is 0 Å². The first-order valence-electron chi connectivity index (χ1n) is 34.6. The molecular formula is C73H133N2O6P. The van der Waals surface area contributed by atoms with Crippen LogP contribution < -0.4 is 10.2 Å². The second kappa shape index (κ2) is 62.9. The number of allylic oxidation sites excluding steroid dienone is 15. The van der Waals surface area contributed by atoms with Gasteiger partial charge in [0.05, 0.1) is 39.9 Å². The second-order valence-electron chi connectivity index (χ2n) is 24.5.